The lowest BCUT2D eigenvalue weighted by Gasteiger charge is -2.31. The van der Waals surface area contributed by atoms with E-state index in [9.17, 15) is 21.6 Å². The van der Waals surface area contributed by atoms with Crippen LogP contribution in [0.2, 0.25) is 5.02 Å². The largest absolute Gasteiger partial charge is 0.492 e. The lowest BCUT2D eigenvalue weighted by Crippen LogP contribution is -2.46. The minimum Gasteiger partial charge on any atom is -0.492 e. The van der Waals surface area contributed by atoms with Crippen LogP contribution in [0.25, 0.3) is 0 Å². The summed E-state index contributed by atoms with van der Waals surface area (Å²) < 4.78 is 60.2. The molecule has 0 aliphatic carbocycles. The van der Waals surface area contributed by atoms with Crippen molar-refractivity contribution in [1.82, 2.24) is 13.5 Å². The van der Waals surface area contributed by atoms with Crippen molar-refractivity contribution in [2.24, 2.45) is 5.92 Å². The summed E-state index contributed by atoms with van der Waals surface area (Å²) in [7, 11) is -5.38. The minimum absolute atomic E-state index is 0.0838. The molecule has 0 bridgehead atoms. The maximum atomic E-state index is 13.1. The first-order valence-corrected chi connectivity index (χ1v) is 15.8. The molecule has 2 fully saturated rings. The third-order valence-electron chi connectivity index (χ3n) is 6.89. The third-order valence-corrected chi connectivity index (χ3v) is 11.0. The Bertz CT molecular complexity index is 1350. The third kappa shape index (κ3) is 6.32. The lowest BCUT2D eigenvalue weighted by molar-refractivity contribution is -0.120. The predicted molar refractivity (Wildman–Crippen MR) is 145 cm³/mol. The van der Waals surface area contributed by atoms with Gasteiger partial charge in [-0.05, 0) is 69.3 Å². The average Bonchev–Trinajstić information content (AvgIpc) is 2.90. The Labute approximate surface area is 229 Å². The fourth-order valence-electron chi connectivity index (χ4n) is 4.55. The Morgan fingerprint density at radius 2 is 1.45 bits per heavy atom. The molecule has 0 atom stereocenters. The van der Waals surface area contributed by atoms with Gasteiger partial charge in [0.1, 0.15) is 5.75 Å². The molecule has 2 saturated heterocycles. The van der Waals surface area contributed by atoms with E-state index in [-0.39, 0.29) is 39.7 Å². The van der Waals surface area contributed by atoms with Gasteiger partial charge in [0, 0.05) is 50.9 Å². The van der Waals surface area contributed by atoms with Gasteiger partial charge in [-0.15, -0.1) is 0 Å². The Kier molecular flexibility index (Phi) is 9.00. The van der Waals surface area contributed by atoms with Crippen molar-refractivity contribution < 1.29 is 26.4 Å². The van der Waals surface area contributed by atoms with Crippen LogP contribution < -0.4 is 10.1 Å². The molecule has 13 heteroatoms. The zero-order valence-corrected chi connectivity index (χ0v) is 23.9. The zero-order valence-electron chi connectivity index (χ0n) is 21.5. The predicted octanol–water partition coefficient (Wildman–Crippen LogP) is 2.71. The first kappa shape index (κ1) is 28.8. The second kappa shape index (κ2) is 11.9. The molecule has 2 aromatic rings. The number of nitrogens with zero attached hydrogens (tertiary/aromatic N) is 3. The molecule has 4 rings (SSSR count). The summed E-state index contributed by atoms with van der Waals surface area (Å²) in [6.45, 7) is 4.88. The number of sulfonamides is 2. The van der Waals surface area contributed by atoms with Gasteiger partial charge >= 0.3 is 0 Å². The first-order chi connectivity index (χ1) is 18.0. The van der Waals surface area contributed by atoms with Crippen molar-refractivity contribution in [3.63, 3.8) is 0 Å². The fourth-order valence-corrected chi connectivity index (χ4v) is 7.77. The molecule has 0 unspecified atom stereocenters. The molecule has 0 spiro atoms. The van der Waals surface area contributed by atoms with Crippen LogP contribution in [0.4, 0.5) is 5.69 Å². The van der Waals surface area contributed by atoms with Gasteiger partial charge in [-0.2, -0.15) is 8.61 Å². The molecule has 10 nitrogen and oxygen atoms in total. The number of carbonyl (C=O) groups excluding carboxylic acids is 1. The highest BCUT2D eigenvalue weighted by molar-refractivity contribution is 7.89. The highest BCUT2D eigenvalue weighted by atomic mass is 35.5. The fraction of sp³-hybridized carbons (Fsp3) is 0.480. The number of halogens is 1. The molecule has 0 saturated carbocycles. The van der Waals surface area contributed by atoms with Crippen LogP contribution in [0.3, 0.4) is 0 Å². The Hall–Kier alpha value is -2.22. The van der Waals surface area contributed by atoms with Crippen LogP contribution in [0, 0.1) is 5.92 Å². The molecule has 38 heavy (non-hydrogen) atoms. The summed E-state index contributed by atoms with van der Waals surface area (Å²) in [5.41, 5.74) is 0.492. The van der Waals surface area contributed by atoms with E-state index in [0.29, 0.717) is 57.1 Å². The molecule has 2 heterocycles. The molecule has 2 aliphatic rings. The summed E-state index contributed by atoms with van der Waals surface area (Å²) in [5, 5.41) is 3.06. The maximum absolute atomic E-state index is 13.1. The van der Waals surface area contributed by atoms with Crippen LogP contribution in [-0.4, -0.2) is 89.2 Å². The van der Waals surface area contributed by atoms with E-state index in [0.717, 1.165) is 0 Å². The van der Waals surface area contributed by atoms with Crippen LogP contribution in [-0.2, 0) is 24.8 Å². The van der Waals surface area contributed by atoms with Crippen molar-refractivity contribution in [1.29, 1.82) is 0 Å². The number of hydrogen-bond acceptors (Lipinski definition) is 7. The molecule has 1 N–H and O–H groups in total. The summed E-state index contributed by atoms with van der Waals surface area (Å²) in [4.78, 5) is 15.2. The van der Waals surface area contributed by atoms with Gasteiger partial charge in [0.05, 0.1) is 21.4 Å². The second-order valence-corrected chi connectivity index (χ2v) is 13.7. The molecule has 1 amide bonds. The van der Waals surface area contributed by atoms with Gasteiger partial charge < -0.3 is 15.0 Å². The molecular formula is C25H33ClN4O6S2. The van der Waals surface area contributed by atoms with E-state index in [1.54, 1.807) is 18.2 Å². The first-order valence-electron chi connectivity index (χ1n) is 12.5. The maximum Gasteiger partial charge on any atom is 0.243 e. The zero-order chi connectivity index (χ0) is 27.5. The van der Waals surface area contributed by atoms with E-state index >= 15 is 0 Å². The van der Waals surface area contributed by atoms with Crippen molar-refractivity contribution in [3.8, 4) is 5.75 Å². The van der Waals surface area contributed by atoms with Crippen LogP contribution in [0.15, 0.2) is 52.3 Å². The Morgan fingerprint density at radius 3 is 2.03 bits per heavy atom. The molecular weight excluding hydrogens is 552 g/mol. The van der Waals surface area contributed by atoms with E-state index in [2.05, 4.69) is 10.2 Å². The highest BCUT2D eigenvalue weighted by Crippen LogP contribution is 2.31. The molecule has 208 valence electrons. The van der Waals surface area contributed by atoms with Gasteiger partial charge in [-0.25, -0.2) is 16.8 Å². The number of rotatable bonds is 8. The number of anilines is 1. The molecule has 0 aromatic heterocycles. The highest BCUT2D eigenvalue weighted by Gasteiger charge is 2.33. The van der Waals surface area contributed by atoms with E-state index in [4.69, 9.17) is 16.3 Å². The molecule has 0 radical (unpaired) electrons. The lowest BCUT2D eigenvalue weighted by atomic mass is 9.97. The van der Waals surface area contributed by atoms with Crippen molar-refractivity contribution in [3.05, 3.63) is 47.5 Å². The summed E-state index contributed by atoms with van der Waals surface area (Å²) in [6.07, 6.45) is 0.734. The monoisotopic (exact) mass is 584 g/mol. The van der Waals surface area contributed by atoms with Gasteiger partial charge in [-0.1, -0.05) is 11.6 Å². The molecule has 2 aliphatic heterocycles. The number of piperazine rings is 1. The van der Waals surface area contributed by atoms with Gasteiger partial charge in [0.2, 0.25) is 26.0 Å². The van der Waals surface area contributed by atoms with Crippen molar-refractivity contribution in [2.75, 3.05) is 58.2 Å². The number of likely N-dealkylation sites (N-methyl/N-ethyl adjacent to an activating group) is 1. The standard InChI is InChI=1S/C25H33ClN4O6S2/c1-3-36-24-9-8-22(18-23(24)26)38(34,35)29-12-10-19(11-13-29)25(31)27-20-4-6-21(7-5-20)37(32,33)30-16-14-28(2)15-17-30/h4-9,18-19H,3,10-17H2,1-2H3,(H,27,31). The number of benzene rings is 2. The topological polar surface area (TPSA) is 116 Å². The van der Waals surface area contributed by atoms with Crippen LogP contribution >= 0.6 is 11.6 Å². The number of hydrogen-bond donors (Lipinski definition) is 1. The Balaban J connectivity index is 1.33. The van der Waals surface area contributed by atoms with Crippen molar-refractivity contribution >= 4 is 43.2 Å². The smallest absolute Gasteiger partial charge is 0.243 e. The Morgan fingerprint density at radius 1 is 0.895 bits per heavy atom. The number of nitrogens with one attached hydrogen (secondary N) is 1. The van der Waals surface area contributed by atoms with Crippen molar-refractivity contribution in [2.45, 2.75) is 29.6 Å². The quantitative estimate of drug-likeness (QED) is 0.507. The van der Waals surface area contributed by atoms with Gasteiger partial charge in [0.25, 0.3) is 0 Å². The number of ether oxygens (including phenoxy) is 1. The van der Waals surface area contributed by atoms with Gasteiger partial charge in [-0.3, -0.25) is 4.79 Å². The van der Waals surface area contributed by atoms with E-state index < -0.39 is 20.0 Å². The normalized spacial score (nSPS) is 18.8. The number of carbonyl (C=O) groups is 1. The van der Waals surface area contributed by atoms with Crippen LogP contribution in [0.5, 0.6) is 5.75 Å². The summed E-state index contributed by atoms with van der Waals surface area (Å²) >= 11 is 6.18. The van der Waals surface area contributed by atoms with E-state index in [1.807, 2.05) is 14.0 Å². The molecule has 2 aromatic carbocycles. The SMILES string of the molecule is CCOc1ccc(S(=O)(=O)N2CCC(C(=O)Nc3ccc(S(=O)(=O)N4CCN(C)CC4)cc3)CC2)cc1Cl. The summed E-state index contributed by atoms with van der Waals surface area (Å²) in [5.74, 6) is -0.159. The van der Waals surface area contributed by atoms with Gasteiger partial charge in [0.15, 0.2) is 0 Å². The second-order valence-electron chi connectivity index (χ2n) is 9.42. The number of amides is 1. The average molecular weight is 585 g/mol. The number of piperidine rings is 1. The van der Waals surface area contributed by atoms with E-state index in [1.165, 1.54) is 32.9 Å². The summed E-state index contributed by atoms with van der Waals surface area (Å²) in [6, 6.07) is 10.6. The van der Waals surface area contributed by atoms with Crippen LogP contribution in [0.1, 0.15) is 19.8 Å². The minimum atomic E-state index is -3.76.